The van der Waals surface area contributed by atoms with Crippen molar-refractivity contribution in [3.8, 4) is 0 Å². The number of nitro groups is 1. The Morgan fingerprint density at radius 3 is 2.56 bits per heavy atom. The summed E-state index contributed by atoms with van der Waals surface area (Å²) in [5, 5.41) is 15.1. The van der Waals surface area contributed by atoms with E-state index in [2.05, 4.69) is 5.16 Å². The first kappa shape index (κ1) is 17.2. The molecular formula is C18H12ClN3O5. The number of nitro benzene ring substituents is 1. The van der Waals surface area contributed by atoms with Gasteiger partial charge in [0, 0.05) is 23.6 Å². The average Bonchev–Trinajstić information content (AvgIpc) is 3.17. The summed E-state index contributed by atoms with van der Waals surface area (Å²) < 4.78 is 0. The van der Waals surface area contributed by atoms with Crippen molar-refractivity contribution in [2.24, 2.45) is 5.16 Å². The highest BCUT2D eigenvalue weighted by Crippen LogP contribution is 2.39. The Morgan fingerprint density at radius 1 is 1.15 bits per heavy atom. The van der Waals surface area contributed by atoms with Crippen molar-refractivity contribution < 1.29 is 19.3 Å². The molecule has 0 N–H and O–H groups in total. The van der Waals surface area contributed by atoms with Crippen molar-refractivity contribution in [1.82, 2.24) is 0 Å². The molecule has 2 amide bonds. The van der Waals surface area contributed by atoms with Crippen LogP contribution in [0.4, 0.5) is 11.4 Å². The number of carbonyl (C=O) groups excluding carboxylic acids is 2. The van der Waals surface area contributed by atoms with Gasteiger partial charge in [0.25, 0.3) is 11.6 Å². The van der Waals surface area contributed by atoms with Crippen molar-refractivity contribution >= 4 is 40.5 Å². The van der Waals surface area contributed by atoms with E-state index in [0.717, 1.165) is 4.90 Å². The van der Waals surface area contributed by atoms with Gasteiger partial charge in [-0.2, -0.15) is 0 Å². The monoisotopic (exact) mass is 385 g/mol. The number of halogens is 1. The van der Waals surface area contributed by atoms with Crippen LogP contribution in [-0.4, -0.2) is 28.1 Å². The van der Waals surface area contributed by atoms with Crippen LogP contribution < -0.4 is 4.90 Å². The Balaban J connectivity index is 1.58. The number of oxime groups is 1. The van der Waals surface area contributed by atoms with E-state index in [1.165, 1.54) is 30.3 Å². The van der Waals surface area contributed by atoms with Gasteiger partial charge in [0.1, 0.15) is 0 Å². The molecule has 2 aromatic rings. The molecule has 8 nitrogen and oxygen atoms in total. The van der Waals surface area contributed by atoms with Crippen LogP contribution in [0.3, 0.4) is 0 Å². The van der Waals surface area contributed by atoms with E-state index < -0.39 is 22.3 Å². The topological polar surface area (TPSA) is 102 Å². The van der Waals surface area contributed by atoms with Crippen LogP contribution in [0, 0.1) is 10.1 Å². The van der Waals surface area contributed by atoms with Crippen LogP contribution in [0.2, 0.25) is 5.02 Å². The Labute approximate surface area is 158 Å². The highest BCUT2D eigenvalue weighted by atomic mass is 35.5. The van der Waals surface area contributed by atoms with Crippen LogP contribution >= 0.6 is 11.6 Å². The predicted molar refractivity (Wildman–Crippen MR) is 96.6 cm³/mol. The van der Waals surface area contributed by atoms with Crippen molar-refractivity contribution in [3.05, 3.63) is 69.2 Å². The number of rotatable bonds is 3. The summed E-state index contributed by atoms with van der Waals surface area (Å²) in [5.74, 6) is -0.905. The second-order valence-corrected chi connectivity index (χ2v) is 6.73. The molecule has 2 aliphatic heterocycles. The molecule has 0 bridgehead atoms. The van der Waals surface area contributed by atoms with Gasteiger partial charge in [-0.25, -0.2) is 4.90 Å². The molecule has 1 atom stereocenters. The minimum Gasteiger partial charge on any atom is -0.378 e. The van der Waals surface area contributed by atoms with Crippen molar-refractivity contribution in [2.45, 2.75) is 18.4 Å². The molecule has 2 aromatic carbocycles. The SMILES string of the molecule is O=C1C[C@@]2(CC(c3ccc([N+](=O)[O-])cc3)=NO2)C(=O)N1c1cccc(Cl)c1. The normalized spacial score (nSPS) is 21.5. The second-order valence-electron chi connectivity index (χ2n) is 6.30. The highest BCUT2D eigenvalue weighted by Gasteiger charge is 2.58. The minimum absolute atomic E-state index is 0.0489. The number of benzene rings is 2. The number of hydrogen-bond donors (Lipinski definition) is 0. The van der Waals surface area contributed by atoms with Gasteiger partial charge in [-0.1, -0.05) is 22.8 Å². The van der Waals surface area contributed by atoms with Crippen LogP contribution in [0.5, 0.6) is 0 Å². The lowest BCUT2D eigenvalue weighted by Gasteiger charge is -2.19. The Kier molecular flexibility index (Phi) is 3.92. The number of hydrogen-bond acceptors (Lipinski definition) is 6. The zero-order valence-corrected chi connectivity index (χ0v) is 14.5. The first-order valence-electron chi connectivity index (χ1n) is 8.02. The zero-order valence-electron chi connectivity index (χ0n) is 13.8. The molecule has 136 valence electrons. The molecule has 27 heavy (non-hydrogen) atoms. The standard InChI is InChI=1S/C18H12ClN3O5/c19-12-2-1-3-14(8-12)21-16(23)10-18(17(21)24)9-15(20-27-18)11-4-6-13(7-5-11)22(25)26/h1-8H,9-10H2/t18-/m0/s1. The van der Waals surface area contributed by atoms with Gasteiger partial charge >= 0.3 is 0 Å². The van der Waals surface area contributed by atoms with E-state index in [9.17, 15) is 19.7 Å². The first-order chi connectivity index (χ1) is 12.9. The van der Waals surface area contributed by atoms with Crippen LogP contribution in [0.15, 0.2) is 53.7 Å². The van der Waals surface area contributed by atoms with Crippen LogP contribution in [0.1, 0.15) is 18.4 Å². The molecule has 1 saturated heterocycles. The summed E-state index contributed by atoms with van der Waals surface area (Å²) in [6.07, 6.45) is -0.0369. The van der Waals surface area contributed by atoms with E-state index in [0.29, 0.717) is 22.0 Å². The van der Waals surface area contributed by atoms with E-state index in [4.69, 9.17) is 16.4 Å². The van der Waals surface area contributed by atoms with Crippen molar-refractivity contribution in [2.75, 3.05) is 4.90 Å². The molecule has 1 fully saturated rings. The summed E-state index contributed by atoms with van der Waals surface area (Å²) in [5.41, 5.74) is -0.0110. The predicted octanol–water partition coefficient (Wildman–Crippen LogP) is 3.07. The molecule has 0 saturated carbocycles. The number of imide groups is 1. The zero-order chi connectivity index (χ0) is 19.2. The fourth-order valence-electron chi connectivity index (χ4n) is 3.21. The molecule has 2 heterocycles. The third-order valence-electron chi connectivity index (χ3n) is 4.54. The highest BCUT2D eigenvalue weighted by molar-refractivity contribution is 6.31. The van der Waals surface area contributed by atoms with Crippen LogP contribution in [0.25, 0.3) is 0 Å². The van der Waals surface area contributed by atoms with Crippen molar-refractivity contribution in [3.63, 3.8) is 0 Å². The summed E-state index contributed by atoms with van der Waals surface area (Å²) in [6, 6.07) is 12.2. The number of carbonyl (C=O) groups is 2. The molecule has 2 aliphatic rings. The fraction of sp³-hybridized carbons (Fsp3) is 0.167. The van der Waals surface area contributed by atoms with E-state index >= 15 is 0 Å². The molecule has 0 aromatic heterocycles. The van der Waals surface area contributed by atoms with Gasteiger partial charge in [-0.05, 0) is 35.9 Å². The molecule has 0 unspecified atom stereocenters. The first-order valence-corrected chi connectivity index (χ1v) is 8.40. The lowest BCUT2D eigenvalue weighted by Crippen LogP contribution is -2.40. The van der Waals surface area contributed by atoms with E-state index in [1.54, 1.807) is 18.2 Å². The Hall–Kier alpha value is -3.26. The van der Waals surface area contributed by atoms with Gasteiger partial charge in [0.2, 0.25) is 11.5 Å². The fourth-order valence-corrected chi connectivity index (χ4v) is 3.39. The average molecular weight is 386 g/mol. The minimum atomic E-state index is -1.39. The third-order valence-corrected chi connectivity index (χ3v) is 4.78. The summed E-state index contributed by atoms with van der Waals surface area (Å²) in [6.45, 7) is 0. The van der Waals surface area contributed by atoms with Gasteiger partial charge in [0.15, 0.2) is 0 Å². The largest absolute Gasteiger partial charge is 0.378 e. The molecule has 9 heteroatoms. The summed E-state index contributed by atoms with van der Waals surface area (Å²) in [7, 11) is 0. The van der Waals surface area contributed by atoms with Gasteiger partial charge in [-0.3, -0.25) is 19.7 Å². The maximum Gasteiger partial charge on any atom is 0.281 e. The number of anilines is 1. The molecule has 4 rings (SSSR count). The lowest BCUT2D eigenvalue weighted by molar-refractivity contribution is -0.384. The third kappa shape index (κ3) is 2.83. The Morgan fingerprint density at radius 2 is 1.89 bits per heavy atom. The molecular weight excluding hydrogens is 374 g/mol. The van der Waals surface area contributed by atoms with E-state index in [1.807, 2.05) is 0 Å². The molecule has 0 radical (unpaired) electrons. The maximum absolute atomic E-state index is 12.9. The molecule has 0 aliphatic carbocycles. The maximum atomic E-state index is 12.9. The molecule has 1 spiro atoms. The second kappa shape index (κ2) is 6.17. The van der Waals surface area contributed by atoms with Gasteiger partial charge < -0.3 is 4.84 Å². The number of nitrogens with zero attached hydrogens (tertiary/aromatic N) is 3. The lowest BCUT2D eigenvalue weighted by atomic mass is 9.92. The quantitative estimate of drug-likeness (QED) is 0.459. The van der Waals surface area contributed by atoms with E-state index in [-0.39, 0.29) is 18.5 Å². The van der Waals surface area contributed by atoms with Gasteiger partial charge in [-0.15, -0.1) is 0 Å². The van der Waals surface area contributed by atoms with Gasteiger partial charge in [0.05, 0.1) is 22.7 Å². The Bertz CT molecular complexity index is 1000. The summed E-state index contributed by atoms with van der Waals surface area (Å²) >= 11 is 5.96. The number of amides is 2. The van der Waals surface area contributed by atoms with Crippen LogP contribution in [-0.2, 0) is 14.4 Å². The number of non-ortho nitro benzene ring substituents is 1. The smallest absolute Gasteiger partial charge is 0.281 e. The summed E-state index contributed by atoms with van der Waals surface area (Å²) in [4.78, 5) is 42.2. The van der Waals surface area contributed by atoms with Crippen molar-refractivity contribution in [1.29, 1.82) is 0 Å².